The topological polar surface area (TPSA) is 24.1 Å². The van der Waals surface area contributed by atoms with Gasteiger partial charge in [0.1, 0.15) is 0 Å². The van der Waals surface area contributed by atoms with Gasteiger partial charge in [-0.15, -0.1) is 0 Å². The molecule has 0 atom stereocenters. The summed E-state index contributed by atoms with van der Waals surface area (Å²) in [5, 5.41) is 6.60. The molecule has 0 aromatic heterocycles. The minimum absolute atomic E-state index is 0.961. The molecule has 0 unspecified atom stereocenters. The average Bonchev–Trinajstić information content (AvgIpc) is 2.09. The Kier molecular flexibility index (Phi) is 3.45. The first-order valence-corrected chi connectivity index (χ1v) is 4.45. The van der Waals surface area contributed by atoms with Gasteiger partial charge in [-0.1, -0.05) is 12.1 Å². The minimum Gasteiger partial charge on any atom is -0.384 e. The van der Waals surface area contributed by atoms with E-state index in [4.69, 9.17) is 0 Å². The number of para-hydroxylation sites is 2. The van der Waals surface area contributed by atoms with Crippen LogP contribution in [0.4, 0.5) is 11.4 Å². The molecule has 2 heteroatoms. The van der Waals surface area contributed by atoms with Crippen molar-refractivity contribution in [3.8, 4) is 0 Å². The van der Waals surface area contributed by atoms with Crippen molar-refractivity contribution in [1.29, 1.82) is 0 Å². The lowest BCUT2D eigenvalue weighted by Crippen LogP contribution is -2.03. The summed E-state index contributed by atoms with van der Waals surface area (Å²) in [5.41, 5.74) is 2.36. The quantitative estimate of drug-likeness (QED) is 0.714. The van der Waals surface area contributed by atoms with Gasteiger partial charge in [-0.05, 0) is 26.0 Å². The molecule has 1 aromatic carbocycles. The van der Waals surface area contributed by atoms with E-state index in [-0.39, 0.29) is 0 Å². The van der Waals surface area contributed by atoms with Gasteiger partial charge in [-0.2, -0.15) is 0 Å². The monoisotopic (exact) mass is 164 g/mol. The number of hydrogen-bond donors (Lipinski definition) is 2. The SMILES string of the molecule is CCNc1ccccc1NCC. The molecular formula is C10H16N2. The van der Waals surface area contributed by atoms with Gasteiger partial charge in [0.05, 0.1) is 11.4 Å². The van der Waals surface area contributed by atoms with Crippen molar-refractivity contribution in [3.05, 3.63) is 24.3 Å². The number of nitrogens with one attached hydrogen (secondary N) is 2. The third kappa shape index (κ3) is 2.16. The van der Waals surface area contributed by atoms with Crippen molar-refractivity contribution in [2.75, 3.05) is 23.7 Å². The summed E-state index contributed by atoms with van der Waals surface area (Å²) in [6, 6.07) is 8.25. The molecule has 0 aliphatic heterocycles. The van der Waals surface area contributed by atoms with Crippen LogP contribution < -0.4 is 10.6 Å². The zero-order valence-electron chi connectivity index (χ0n) is 7.72. The first-order chi connectivity index (χ1) is 5.88. The van der Waals surface area contributed by atoms with Gasteiger partial charge in [0.15, 0.2) is 0 Å². The van der Waals surface area contributed by atoms with E-state index in [0.29, 0.717) is 0 Å². The fourth-order valence-electron chi connectivity index (χ4n) is 1.17. The van der Waals surface area contributed by atoms with Gasteiger partial charge >= 0.3 is 0 Å². The van der Waals surface area contributed by atoms with E-state index >= 15 is 0 Å². The predicted octanol–water partition coefficient (Wildman–Crippen LogP) is 2.55. The Balaban J connectivity index is 2.77. The van der Waals surface area contributed by atoms with Crippen molar-refractivity contribution in [3.63, 3.8) is 0 Å². The highest BCUT2D eigenvalue weighted by Crippen LogP contribution is 2.19. The van der Waals surface area contributed by atoms with Crippen LogP contribution in [0, 0.1) is 0 Å². The van der Waals surface area contributed by atoms with E-state index < -0.39 is 0 Å². The van der Waals surface area contributed by atoms with Gasteiger partial charge in [-0.3, -0.25) is 0 Å². The summed E-state index contributed by atoms with van der Waals surface area (Å²) in [4.78, 5) is 0. The fraction of sp³-hybridized carbons (Fsp3) is 0.400. The van der Waals surface area contributed by atoms with E-state index in [0.717, 1.165) is 13.1 Å². The number of hydrogen-bond acceptors (Lipinski definition) is 2. The van der Waals surface area contributed by atoms with Gasteiger partial charge in [0.25, 0.3) is 0 Å². The maximum absolute atomic E-state index is 3.30. The summed E-state index contributed by atoms with van der Waals surface area (Å²) in [7, 11) is 0. The summed E-state index contributed by atoms with van der Waals surface area (Å²) in [5.74, 6) is 0. The zero-order chi connectivity index (χ0) is 8.81. The van der Waals surface area contributed by atoms with Crippen LogP contribution in [0.15, 0.2) is 24.3 Å². The molecule has 0 saturated heterocycles. The van der Waals surface area contributed by atoms with Crippen LogP contribution in [0.25, 0.3) is 0 Å². The van der Waals surface area contributed by atoms with Crippen LogP contribution in [0.1, 0.15) is 13.8 Å². The Morgan fingerprint density at radius 2 is 1.33 bits per heavy atom. The summed E-state index contributed by atoms with van der Waals surface area (Å²) in [6.07, 6.45) is 0. The van der Waals surface area contributed by atoms with Crippen LogP contribution in [-0.2, 0) is 0 Å². The van der Waals surface area contributed by atoms with Gasteiger partial charge in [0, 0.05) is 13.1 Å². The van der Waals surface area contributed by atoms with Crippen LogP contribution in [0.5, 0.6) is 0 Å². The number of benzene rings is 1. The van der Waals surface area contributed by atoms with Crippen molar-refractivity contribution in [2.45, 2.75) is 13.8 Å². The zero-order valence-corrected chi connectivity index (χ0v) is 7.72. The molecule has 0 aliphatic rings. The average molecular weight is 164 g/mol. The molecule has 0 saturated carbocycles. The number of rotatable bonds is 4. The van der Waals surface area contributed by atoms with E-state index in [9.17, 15) is 0 Å². The molecule has 2 nitrogen and oxygen atoms in total. The lowest BCUT2D eigenvalue weighted by molar-refractivity contribution is 1.18. The second-order valence-electron chi connectivity index (χ2n) is 2.61. The van der Waals surface area contributed by atoms with E-state index in [2.05, 4.69) is 36.6 Å². The first-order valence-electron chi connectivity index (χ1n) is 4.45. The molecule has 2 N–H and O–H groups in total. The van der Waals surface area contributed by atoms with Crippen LogP contribution >= 0.6 is 0 Å². The third-order valence-electron chi connectivity index (χ3n) is 1.66. The standard InChI is InChI=1S/C10H16N2/c1-3-11-9-7-5-6-8-10(9)12-4-2/h5-8,11-12H,3-4H2,1-2H3. The lowest BCUT2D eigenvalue weighted by Gasteiger charge is -2.10. The molecule has 12 heavy (non-hydrogen) atoms. The van der Waals surface area contributed by atoms with Crippen LogP contribution in [-0.4, -0.2) is 13.1 Å². The lowest BCUT2D eigenvalue weighted by atomic mass is 10.2. The maximum atomic E-state index is 3.30. The van der Waals surface area contributed by atoms with Crippen molar-refractivity contribution in [2.24, 2.45) is 0 Å². The Bertz CT molecular complexity index is 208. The van der Waals surface area contributed by atoms with Gasteiger partial charge in [-0.25, -0.2) is 0 Å². The molecular weight excluding hydrogens is 148 g/mol. The van der Waals surface area contributed by atoms with Crippen molar-refractivity contribution < 1.29 is 0 Å². The predicted molar refractivity (Wildman–Crippen MR) is 54.8 cm³/mol. The molecule has 1 rings (SSSR count). The third-order valence-corrected chi connectivity index (χ3v) is 1.66. The molecule has 66 valence electrons. The van der Waals surface area contributed by atoms with Gasteiger partial charge in [0.2, 0.25) is 0 Å². The van der Waals surface area contributed by atoms with E-state index in [1.54, 1.807) is 0 Å². The molecule has 0 aliphatic carbocycles. The first kappa shape index (κ1) is 8.91. The van der Waals surface area contributed by atoms with Crippen LogP contribution in [0.2, 0.25) is 0 Å². The highest BCUT2D eigenvalue weighted by Gasteiger charge is 1.96. The Morgan fingerprint density at radius 1 is 0.917 bits per heavy atom. The van der Waals surface area contributed by atoms with E-state index in [1.165, 1.54) is 11.4 Å². The Morgan fingerprint density at radius 3 is 1.67 bits per heavy atom. The second kappa shape index (κ2) is 4.65. The summed E-state index contributed by atoms with van der Waals surface area (Å²) in [6.45, 7) is 6.12. The van der Waals surface area contributed by atoms with E-state index in [1.807, 2.05) is 12.1 Å². The molecule has 0 spiro atoms. The maximum Gasteiger partial charge on any atom is 0.0575 e. The smallest absolute Gasteiger partial charge is 0.0575 e. The van der Waals surface area contributed by atoms with Gasteiger partial charge < -0.3 is 10.6 Å². The Labute approximate surface area is 74.0 Å². The second-order valence-corrected chi connectivity index (χ2v) is 2.61. The van der Waals surface area contributed by atoms with Crippen LogP contribution in [0.3, 0.4) is 0 Å². The molecule has 0 fully saturated rings. The molecule has 0 radical (unpaired) electrons. The number of anilines is 2. The molecule has 0 heterocycles. The highest BCUT2D eigenvalue weighted by molar-refractivity contribution is 5.68. The molecule has 0 amide bonds. The largest absolute Gasteiger partial charge is 0.384 e. The van der Waals surface area contributed by atoms with Crippen molar-refractivity contribution >= 4 is 11.4 Å². The Hall–Kier alpha value is -1.18. The molecule has 0 bridgehead atoms. The molecule has 1 aromatic rings. The fourth-order valence-corrected chi connectivity index (χ4v) is 1.17. The highest BCUT2D eigenvalue weighted by atomic mass is 14.9. The minimum atomic E-state index is 0.961. The van der Waals surface area contributed by atoms with Crippen molar-refractivity contribution in [1.82, 2.24) is 0 Å². The summed E-state index contributed by atoms with van der Waals surface area (Å²) >= 11 is 0. The normalized spacial score (nSPS) is 9.50. The summed E-state index contributed by atoms with van der Waals surface area (Å²) < 4.78 is 0.